The number of thiophene rings is 1. The van der Waals surface area contributed by atoms with Gasteiger partial charge in [0.25, 0.3) is 5.91 Å². The summed E-state index contributed by atoms with van der Waals surface area (Å²) in [6.07, 6.45) is 0. The van der Waals surface area contributed by atoms with Crippen molar-refractivity contribution in [1.82, 2.24) is 0 Å². The third kappa shape index (κ3) is 3.07. The number of carbonyl (C=O) groups is 2. The van der Waals surface area contributed by atoms with E-state index in [4.69, 9.17) is 14.6 Å². The van der Waals surface area contributed by atoms with Gasteiger partial charge in [-0.05, 0) is 30.5 Å². The zero-order chi connectivity index (χ0) is 17.1. The number of nitrogens with one attached hydrogen (secondary N) is 2. The first kappa shape index (κ1) is 15.9. The van der Waals surface area contributed by atoms with Gasteiger partial charge in [-0.3, -0.25) is 10.2 Å². The summed E-state index contributed by atoms with van der Waals surface area (Å²) in [6, 6.07) is 10.3. The van der Waals surface area contributed by atoms with E-state index in [2.05, 4.69) is 5.32 Å². The Morgan fingerprint density at radius 2 is 2.04 bits per heavy atom. The lowest BCUT2D eigenvalue weighted by molar-refractivity contribution is 0.0528. The number of para-hydroxylation sites is 1. The van der Waals surface area contributed by atoms with Crippen molar-refractivity contribution in [3.8, 4) is 0 Å². The van der Waals surface area contributed by atoms with Gasteiger partial charge in [-0.25, -0.2) is 4.79 Å². The highest BCUT2D eigenvalue weighted by molar-refractivity contribution is 7.14. The molecular weight excluding hydrogens is 328 g/mol. The fourth-order valence-electron chi connectivity index (χ4n) is 2.19. The third-order valence-corrected chi connectivity index (χ3v) is 4.14. The summed E-state index contributed by atoms with van der Waals surface area (Å²) < 4.78 is 10.3. The van der Waals surface area contributed by atoms with Gasteiger partial charge in [0, 0.05) is 5.39 Å². The monoisotopic (exact) mass is 342 g/mol. The number of esters is 1. The van der Waals surface area contributed by atoms with Gasteiger partial charge in [0.1, 0.15) is 16.1 Å². The molecule has 2 heterocycles. The van der Waals surface area contributed by atoms with Gasteiger partial charge in [0.05, 0.1) is 12.2 Å². The summed E-state index contributed by atoms with van der Waals surface area (Å²) in [6.45, 7) is 1.97. The Balaban J connectivity index is 1.91. The van der Waals surface area contributed by atoms with Crippen molar-refractivity contribution in [1.29, 1.82) is 5.41 Å². The largest absolute Gasteiger partial charge is 0.462 e. The van der Waals surface area contributed by atoms with Crippen LogP contribution in [0.1, 0.15) is 27.6 Å². The van der Waals surface area contributed by atoms with Crippen LogP contribution in [0.3, 0.4) is 0 Å². The van der Waals surface area contributed by atoms with E-state index in [1.807, 2.05) is 6.07 Å². The molecule has 0 atom stereocenters. The summed E-state index contributed by atoms with van der Waals surface area (Å²) in [5, 5.41) is 13.3. The van der Waals surface area contributed by atoms with Gasteiger partial charge < -0.3 is 14.5 Å². The van der Waals surface area contributed by atoms with E-state index in [1.165, 1.54) is 11.3 Å². The van der Waals surface area contributed by atoms with Gasteiger partial charge in [-0.2, -0.15) is 0 Å². The molecule has 6 nitrogen and oxygen atoms in total. The highest BCUT2D eigenvalue weighted by atomic mass is 32.1. The molecule has 0 fully saturated rings. The standard InChI is InChI=1S/C17H14N2O4S/c1-2-22-17(21)11-7-8-24-16(11)19-15(20)12-9-10-5-3-4-6-13(10)23-14(12)18/h3-9,18H,2H2,1H3,(H,19,20). The van der Waals surface area contributed by atoms with Gasteiger partial charge in [-0.15, -0.1) is 11.3 Å². The quantitative estimate of drug-likeness (QED) is 0.711. The van der Waals surface area contributed by atoms with Crippen LogP contribution in [0.5, 0.6) is 0 Å². The van der Waals surface area contributed by atoms with Crippen LogP contribution in [0.25, 0.3) is 11.0 Å². The summed E-state index contributed by atoms with van der Waals surface area (Å²) in [4.78, 5) is 24.3. The highest BCUT2D eigenvalue weighted by Gasteiger charge is 2.18. The normalized spacial score (nSPS) is 10.5. The Morgan fingerprint density at radius 3 is 2.83 bits per heavy atom. The first-order valence-corrected chi connectivity index (χ1v) is 8.11. The molecule has 0 radical (unpaired) electrons. The van der Waals surface area contributed by atoms with Crippen molar-refractivity contribution >= 4 is 39.2 Å². The average Bonchev–Trinajstić information content (AvgIpc) is 3.02. The van der Waals surface area contributed by atoms with Gasteiger partial charge in [0.2, 0.25) is 5.55 Å². The molecule has 0 aliphatic rings. The van der Waals surface area contributed by atoms with Crippen LogP contribution in [0.15, 0.2) is 46.2 Å². The molecule has 1 amide bonds. The number of amides is 1. The first-order chi connectivity index (χ1) is 11.6. The molecule has 3 aromatic rings. The minimum Gasteiger partial charge on any atom is -0.462 e. The van der Waals surface area contributed by atoms with Crippen LogP contribution in [-0.2, 0) is 4.74 Å². The van der Waals surface area contributed by atoms with Gasteiger partial charge >= 0.3 is 5.97 Å². The molecule has 0 saturated carbocycles. The molecule has 0 unspecified atom stereocenters. The minimum atomic E-state index is -0.512. The number of hydrogen-bond acceptors (Lipinski definition) is 6. The lowest BCUT2D eigenvalue weighted by atomic mass is 10.2. The predicted molar refractivity (Wildman–Crippen MR) is 90.3 cm³/mol. The maximum atomic E-state index is 12.5. The van der Waals surface area contributed by atoms with E-state index >= 15 is 0 Å². The maximum Gasteiger partial charge on any atom is 0.341 e. The topological polar surface area (TPSA) is 92.4 Å². The van der Waals surface area contributed by atoms with Crippen LogP contribution in [-0.4, -0.2) is 18.5 Å². The molecule has 0 saturated heterocycles. The number of hydrogen-bond donors (Lipinski definition) is 2. The third-order valence-electron chi connectivity index (χ3n) is 3.31. The van der Waals surface area contributed by atoms with E-state index in [9.17, 15) is 9.59 Å². The van der Waals surface area contributed by atoms with Crippen molar-refractivity contribution in [2.75, 3.05) is 11.9 Å². The zero-order valence-corrected chi connectivity index (χ0v) is 13.6. The van der Waals surface area contributed by atoms with Crippen LogP contribution in [0.4, 0.5) is 5.00 Å². The fraction of sp³-hybridized carbons (Fsp3) is 0.118. The van der Waals surface area contributed by atoms with Gasteiger partial charge in [0.15, 0.2) is 0 Å². The molecule has 24 heavy (non-hydrogen) atoms. The van der Waals surface area contributed by atoms with E-state index in [0.29, 0.717) is 16.1 Å². The predicted octanol–water partition coefficient (Wildman–Crippen LogP) is 3.40. The van der Waals surface area contributed by atoms with Crippen LogP contribution in [0, 0.1) is 5.41 Å². The van der Waals surface area contributed by atoms with E-state index in [-0.39, 0.29) is 17.7 Å². The SMILES string of the molecule is CCOC(=O)c1ccsc1NC(=O)c1cc2ccccc2oc1=N. The van der Waals surface area contributed by atoms with Crippen molar-refractivity contribution in [3.05, 3.63) is 58.5 Å². The van der Waals surface area contributed by atoms with Gasteiger partial charge in [-0.1, -0.05) is 18.2 Å². The average molecular weight is 342 g/mol. The molecule has 0 spiro atoms. The van der Waals surface area contributed by atoms with Crippen LogP contribution in [0.2, 0.25) is 0 Å². The Bertz CT molecular complexity index is 974. The van der Waals surface area contributed by atoms with Crippen molar-refractivity contribution < 1.29 is 18.7 Å². The zero-order valence-electron chi connectivity index (χ0n) is 12.8. The van der Waals surface area contributed by atoms with E-state index < -0.39 is 11.9 Å². The Hall–Kier alpha value is -2.93. The van der Waals surface area contributed by atoms with E-state index in [0.717, 1.165) is 5.39 Å². The molecule has 7 heteroatoms. The lowest BCUT2D eigenvalue weighted by Gasteiger charge is -2.07. The maximum absolute atomic E-state index is 12.5. The summed E-state index contributed by atoms with van der Waals surface area (Å²) in [7, 11) is 0. The number of benzene rings is 1. The lowest BCUT2D eigenvalue weighted by Crippen LogP contribution is -2.21. The molecule has 0 bridgehead atoms. The molecule has 2 N–H and O–H groups in total. The summed E-state index contributed by atoms with van der Waals surface area (Å²) >= 11 is 1.21. The second kappa shape index (κ2) is 6.67. The Labute approximate surface area is 141 Å². The number of carbonyl (C=O) groups excluding carboxylic acids is 2. The minimum absolute atomic E-state index is 0.0944. The van der Waals surface area contributed by atoms with Crippen molar-refractivity contribution in [2.24, 2.45) is 0 Å². The second-order valence-electron chi connectivity index (χ2n) is 4.87. The summed E-state index contributed by atoms with van der Waals surface area (Å²) in [5.74, 6) is -1.01. The number of ether oxygens (including phenoxy) is 1. The smallest absolute Gasteiger partial charge is 0.341 e. The molecule has 0 aliphatic heterocycles. The van der Waals surface area contributed by atoms with Crippen molar-refractivity contribution in [3.63, 3.8) is 0 Å². The molecule has 3 rings (SSSR count). The molecule has 2 aromatic heterocycles. The first-order valence-electron chi connectivity index (χ1n) is 7.23. The molecular formula is C17H14N2O4S. The van der Waals surface area contributed by atoms with Crippen LogP contribution < -0.4 is 10.9 Å². The second-order valence-corrected chi connectivity index (χ2v) is 5.78. The number of anilines is 1. The Morgan fingerprint density at radius 1 is 1.25 bits per heavy atom. The number of rotatable bonds is 4. The van der Waals surface area contributed by atoms with Crippen molar-refractivity contribution in [2.45, 2.75) is 6.92 Å². The molecule has 0 aliphatic carbocycles. The highest BCUT2D eigenvalue weighted by Crippen LogP contribution is 2.24. The molecule has 1 aromatic carbocycles. The fourth-order valence-corrected chi connectivity index (χ4v) is 2.96. The Kier molecular flexibility index (Phi) is 4.43. The van der Waals surface area contributed by atoms with E-state index in [1.54, 1.807) is 42.6 Å². The summed E-state index contributed by atoms with van der Waals surface area (Å²) in [5.41, 5.74) is 0.680. The number of fused-ring (bicyclic) bond motifs is 1. The molecule has 122 valence electrons. The van der Waals surface area contributed by atoms with Crippen LogP contribution >= 0.6 is 11.3 Å².